The lowest BCUT2D eigenvalue weighted by Gasteiger charge is -2.21. The Hall–Kier alpha value is -1.95. The van der Waals surface area contributed by atoms with Gasteiger partial charge in [-0.3, -0.25) is 14.9 Å². The maximum Gasteiger partial charge on any atom is 0.325 e. The number of hydrogen-bond donors (Lipinski definition) is 1. The average Bonchev–Trinajstić information content (AvgIpc) is 2.28. The van der Waals surface area contributed by atoms with Crippen LogP contribution in [0.25, 0.3) is 0 Å². The molecule has 6 nitrogen and oxygen atoms in total. The van der Waals surface area contributed by atoms with Gasteiger partial charge < -0.3 is 10.5 Å². The van der Waals surface area contributed by atoms with Crippen molar-refractivity contribution in [3.63, 3.8) is 0 Å². The molecule has 6 heteroatoms. The summed E-state index contributed by atoms with van der Waals surface area (Å²) in [6, 6.07) is 5.91. The highest BCUT2D eigenvalue weighted by molar-refractivity contribution is 5.80. The minimum Gasteiger partial charge on any atom is -0.468 e. The summed E-state index contributed by atoms with van der Waals surface area (Å²) < 4.78 is 4.58. The van der Waals surface area contributed by atoms with Crippen LogP contribution < -0.4 is 5.73 Å². The molecule has 0 aromatic heterocycles. The summed E-state index contributed by atoms with van der Waals surface area (Å²) in [5.41, 5.74) is 5.41. The number of hydrogen-bond acceptors (Lipinski definition) is 5. The van der Waals surface area contributed by atoms with E-state index >= 15 is 0 Å². The molecule has 0 bridgehead atoms. The molecule has 0 saturated carbocycles. The van der Waals surface area contributed by atoms with E-state index in [1.807, 2.05) is 0 Å². The highest BCUT2D eigenvalue weighted by atomic mass is 16.6. The van der Waals surface area contributed by atoms with E-state index in [0.717, 1.165) is 5.56 Å². The van der Waals surface area contributed by atoms with Gasteiger partial charge in [0.25, 0.3) is 5.69 Å². The van der Waals surface area contributed by atoms with Crippen LogP contribution in [0.15, 0.2) is 24.3 Å². The summed E-state index contributed by atoms with van der Waals surface area (Å²) in [4.78, 5) is 21.3. The van der Waals surface area contributed by atoms with Crippen LogP contribution in [0, 0.1) is 10.1 Å². The molecule has 0 radical (unpaired) electrons. The molecule has 0 aliphatic carbocycles. The predicted octanol–water partition coefficient (Wildman–Crippen LogP) is 1.03. The highest BCUT2D eigenvalue weighted by Crippen LogP contribution is 2.16. The summed E-state index contributed by atoms with van der Waals surface area (Å²) in [7, 11) is 1.27. The molecule has 0 fully saturated rings. The van der Waals surface area contributed by atoms with Gasteiger partial charge in [0.15, 0.2) is 0 Å². The van der Waals surface area contributed by atoms with E-state index in [-0.39, 0.29) is 12.1 Å². The quantitative estimate of drug-likeness (QED) is 0.480. The molecule has 0 heterocycles. The first-order valence-electron chi connectivity index (χ1n) is 4.97. The third kappa shape index (κ3) is 3.25. The molecule has 17 heavy (non-hydrogen) atoms. The highest BCUT2D eigenvalue weighted by Gasteiger charge is 2.29. The Morgan fingerprint density at radius 3 is 2.41 bits per heavy atom. The number of nitro groups is 1. The normalized spacial score (nSPS) is 13.8. The Kier molecular flexibility index (Phi) is 3.80. The van der Waals surface area contributed by atoms with Gasteiger partial charge in [0, 0.05) is 18.6 Å². The van der Waals surface area contributed by atoms with Crippen molar-refractivity contribution in [2.75, 3.05) is 7.11 Å². The van der Waals surface area contributed by atoms with Gasteiger partial charge in [-0.2, -0.15) is 0 Å². The molecule has 1 aromatic carbocycles. The Balaban J connectivity index is 2.82. The third-order valence-electron chi connectivity index (χ3n) is 2.37. The second kappa shape index (κ2) is 4.92. The van der Waals surface area contributed by atoms with E-state index in [9.17, 15) is 14.9 Å². The van der Waals surface area contributed by atoms with Crippen molar-refractivity contribution in [2.45, 2.75) is 18.9 Å². The SMILES string of the molecule is COC(=O)[C@@](C)(N)Cc1ccc([N+](=O)[O-])cc1. The second-order valence-corrected chi connectivity index (χ2v) is 4.01. The van der Waals surface area contributed by atoms with Gasteiger partial charge in [0.05, 0.1) is 12.0 Å². The molecule has 1 rings (SSSR count). The number of nitro benzene ring substituents is 1. The summed E-state index contributed by atoms with van der Waals surface area (Å²) in [5.74, 6) is -0.518. The molecular formula is C11H14N2O4. The Bertz CT molecular complexity index is 426. The van der Waals surface area contributed by atoms with Crippen LogP contribution in [0.5, 0.6) is 0 Å². The summed E-state index contributed by atoms with van der Waals surface area (Å²) >= 11 is 0. The zero-order chi connectivity index (χ0) is 13.1. The van der Waals surface area contributed by atoms with Gasteiger partial charge in [0.1, 0.15) is 5.54 Å². The van der Waals surface area contributed by atoms with Crippen LogP contribution in [0.2, 0.25) is 0 Å². The smallest absolute Gasteiger partial charge is 0.325 e. The van der Waals surface area contributed by atoms with Gasteiger partial charge in [-0.05, 0) is 12.5 Å². The Morgan fingerprint density at radius 1 is 1.47 bits per heavy atom. The van der Waals surface area contributed by atoms with Crippen molar-refractivity contribution in [3.05, 3.63) is 39.9 Å². The van der Waals surface area contributed by atoms with Gasteiger partial charge in [0.2, 0.25) is 0 Å². The number of benzene rings is 1. The Labute approximate surface area is 98.5 Å². The van der Waals surface area contributed by atoms with Gasteiger partial charge in [-0.25, -0.2) is 0 Å². The molecule has 0 saturated heterocycles. The van der Waals surface area contributed by atoms with Crippen molar-refractivity contribution < 1.29 is 14.5 Å². The van der Waals surface area contributed by atoms with Crippen LogP contribution in [0.1, 0.15) is 12.5 Å². The number of rotatable bonds is 4. The predicted molar refractivity (Wildman–Crippen MR) is 61.4 cm³/mol. The van der Waals surface area contributed by atoms with Gasteiger partial charge in [-0.1, -0.05) is 12.1 Å². The lowest BCUT2D eigenvalue weighted by Crippen LogP contribution is -2.47. The molecule has 0 aliphatic rings. The standard InChI is InChI=1S/C11H14N2O4/c1-11(12,10(14)17-2)7-8-3-5-9(6-4-8)13(15)16/h3-6H,7,12H2,1-2H3/t11-/m0/s1. The van der Waals surface area contributed by atoms with Crippen molar-refractivity contribution in [1.82, 2.24) is 0 Å². The lowest BCUT2D eigenvalue weighted by molar-refractivity contribution is -0.384. The first-order valence-corrected chi connectivity index (χ1v) is 4.97. The average molecular weight is 238 g/mol. The topological polar surface area (TPSA) is 95.5 Å². The maximum atomic E-state index is 11.4. The number of esters is 1. The minimum absolute atomic E-state index is 0.00513. The second-order valence-electron chi connectivity index (χ2n) is 4.01. The van der Waals surface area contributed by atoms with Crippen molar-refractivity contribution in [2.24, 2.45) is 5.73 Å². The van der Waals surface area contributed by atoms with Crippen molar-refractivity contribution >= 4 is 11.7 Å². The molecule has 0 spiro atoms. The fourth-order valence-electron chi connectivity index (χ4n) is 1.46. The van der Waals surface area contributed by atoms with Crippen LogP contribution in [-0.4, -0.2) is 23.5 Å². The largest absolute Gasteiger partial charge is 0.468 e. The molecular weight excluding hydrogens is 224 g/mol. The van der Waals surface area contributed by atoms with E-state index in [1.165, 1.54) is 19.2 Å². The minimum atomic E-state index is -1.13. The third-order valence-corrected chi connectivity index (χ3v) is 2.37. The fourth-order valence-corrected chi connectivity index (χ4v) is 1.46. The molecule has 0 amide bonds. The molecule has 0 unspecified atom stereocenters. The number of methoxy groups -OCH3 is 1. The number of ether oxygens (including phenoxy) is 1. The van der Waals surface area contributed by atoms with Crippen LogP contribution in [0.3, 0.4) is 0 Å². The van der Waals surface area contributed by atoms with Gasteiger partial charge >= 0.3 is 5.97 Å². The van der Waals surface area contributed by atoms with E-state index in [0.29, 0.717) is 0 Å². The molecule has 0 aliphatic heterocycles. The zero-order valence-corrected chi connectivity index (χ0v) is 9.67. The van der Waals surface area contributed by atoms with E-state index < -0.39 is 16.4 Å². The van der Waals surface area contributed by atoms with Crippen LogP contribution >= 0.6 is 0 Å². The number of carbonyl (C=O) groups excluding carboxylic acids is 1. The van der Waals surface area contributed by atoms with E-state index in [1.54, 1.807) is 19.1 Å². The molecule has 1 atom stereocenters. The van der Waals surface area contributed by atoms with Crippen LogP contribution in [0.4, 0.5) is 5.69 Å². The summed E-state index contributed by atoms with van der Waals surface area (Å²) in [6.45, 7) is 1.56. The monoisotopic (exact) mass is 238 g/mol. The van der Waals surface area contributed by atoms with Crippen molar-refractivity contribution in [3.8, 4) is 0 Å². The number of nitrogens with two attached hydrogens (primary N) is 1. The summed E-state index contributed by atoms with van der Waals surface area (Å²) in [5, 5.41) is 10.5. The summed E-state index contributed by atoms with van der Waals surface area (Å²) in [6.07, 6.45) is 0.262. The maximum absolute atomic E-state index is 11.4. The number of non-ortho nitro benzene ring substituents is 1. The molecule has 2 N–H and O–H groups in total. The van der Waals surface area contributed by atoms with E-state index in [4.69, 9.17) is 5.73 Å². The molecule has 92 valence electrons. The molecule has 1 aromatic rings. The fraction of sp³-hybridized carbons (Fsp3) is 0.364. The number of nitrogens with zero attached hydrogens (tertiary/aromatic N) is 1. The number of carbonyl (C=O) groups is 1. The zero-order valence-electron chi connectivity index (χ0n) is 9.67. The Morgan fingerprint density at radius 2 is 2.00 bits per heavy atom. The lowest BCUT2D eigenvalue weighted by atomic mass is 9.94. The van der Waals surface area contributed by atoms with Gasteiger partial charge in [-0.15, -0.1) is 0 Å². The first kappa shape index (κ1) is 13.1. The van der Waals surface area contributed by atoms with E-state index in [2.05, 4.69) is 4.74 Å². The van der Waals surface area contributed by atoms with Crippen LogP contribution in [-0.2, 0) is 16.0 Å². The first-order chi connectivity index (χ1) is 7.86. The van der Waals surface area contributed by atoms with Crippen molar-refractivity contribution in [1.29, 1.82) is 0 Å².